The third-order valence-corrected chi connectivity index (χ3v) is 3.94. The summed E-state index contributed by atoms with van der Waals surface area (Å²) in [5.74, 6) is 0. The van der Waals surface area contributed by atoms with E-state index in [9.17, 15) is 0 Å². The fraction of sp³-hybridized carbons (Fsp3) is 0.211. The highest BCUT2D eigenvalue weighted by atomic mass is 35.5. The lowest BCUT2D eigenvalue weighted by atomic mass is 9.86. The molecule has 1 heterocycles. The van der Waals surface area contributed by atoms with Gasteiger partial charge < -0.3 is 0 Å². The maximum Gasteiger partial charge on any atom is 0.130 e. The summed E-state index contributed by atoms with van der Waals surface area (Å²) in [5, 5.41) is 1.66. The molecule has 0 unspecified atom stereocenters. The first-order valence-electron chi connectivity index (χ1n) is 7.11. The molecule has 0 aliphatic heterocycles. The van der Waals surface area contributed by atoms with Gasteiger partial charge >= 0.3 is 0 Å². The van der Waals surface area contributed by atoms with E-state index < -0.39 is 0 Å². The molecule has 1 aromatic heterocycles. The Morgan fingerprint density at radius 2 is 1.57 bits per heavy atom. The molecule has 2 aromatic carbocycles. The smallest absolute Gasteiger partial charge is 0.130 e. The average molecular weight is 296 g/mol. The summed E-state index contributed by atoms with van der Waals surface area (Å²) >= 11 is 6.17. The lowest BCUT2D eigenvalue weighted by Crippen LogP contribution is -2.10. The molecule has 0 fully saturated rings. The second kappa shape index (κ2) is 5.16. The third kappa shape index (κ3) is 2.79. The molecule has 0 saturated carbocycles. The molecule has 0 amide bonds. The van der Waals surface area contributed by atoms with Crippen LogP contribution < -0.4 is 0 Å². The van der Waals surface area contributed by atoms with E-state index in [0.29, 0.717) is 5.15 Å². The fourth-order valence-electron chi connectivity index (χ4n) is 2.53. The minimum Gasteiger partial charge on any atom is -0.236 e. The number of benzene rings is 2. The SMILES string of the molecule is CC(C)(C)c1ccc(-c2cc(Cl)nc3ccccc23)cc1. The van der Waals surface area contributed by atoms with E-state index in [1.54, 1.807) is 0 Å². The molecule has 21 heavy (non-hydrogen) atoms. The Morgan fingerprint density at radius 1 is 0.905 bits per heavy atom. The van der Waals surface area contributed by atoms with Gasteiger partial charge in [0, 0.05) is 5.39 Å². The molecule has 0 radical (unpaired) electrons. The number of nitrogens with zero attached hydrogens (tertiary/aromatic N) is 1. The quantitative estimate of drug-likeness (QED) is 0.513. The van der Waals surface area contributed by atoms with Gasteiger partial charge in [-0.05, 0) is 34.2 Å². The Balaban J connectivity index is 2.16. The van der Waals surface area contributed by atoms with Crippen molar-refractivity contribution >= 4 is 22.5 Å². The number of hydrogen-bond donors (Lipinski definition) is 0. The van der Waals surface area contributed by atoms with Crippen LogP contribution in [0.25, 0.3) is 22.0 Å². The lowest BCUT2D eigenvalue weighted by Gasteiger charge is -2.19. The van der Waals surface area contributed by atoms with E-state index in [2.05, 4.69) is 56.1 Å². The van der Waals surface area contributed by atoms with Gasteiger partial charge in [0.15, 0.2) is 0 Å². The number of fused-ring (bicyclic) bond motifs is 1. The van der Waals surface area contributed by atoms with E-state index in [4.69, 9.17) is 11.6 Å². The Kier molecular flexibility index (Phi) is 3.46. The van der Waals surface area contributed by atoms with Crippen molar-refractivity contribution in [2.24, 2.45) is 0 Å². The molecule has 0 aliphatic rings. The Hall–Kier alpha value is -1.86. The van der Waals surface area contributed by atoms with Gasteiger partial charge in [0.05, 0.1) is 5.52 Å². The molecule has 1 nitrogen and oxygen atoms in total. The van der Waals surface area contributed by atoms with Gasteiger partial charge in [-0.1, -0.05) is 74.8 Å². The molecule has 106 valence electrons. The summed E-state index contributed by atoms with van der Waals surface area (Å²) in [4.78, 5) is 4.38. The molecule has 3 aromatic rings. The number of pyridine rings is 1. The molecule has 3 rings (SSSR count). The normalized spacial score (nSPS) is 11.8. The predicted molar refractivity (Wildman–Crippen MR) is 90.9 cm³/mol. The zero-order valence-corrected chi connectivity index (χ0v) is 13.3. The minimum atomic E-state index is 0.163. The summed E-state index contributed by atoms with van der Waals surface area (Å²) in [7, 11) is 0. The van der Waals surface area contributed by atoms with Crippen molar-refractivity contribution in [2.45, 2.75) is 26.2 Å². The van der Waals surface area contributed by atoms with Gasteiger partial charge in [0.2, 0.25) is 0 Å². The first-order chi connectivity index (χ1) is 9.95. The van der Waals surface area contributed by atoms with Gasteiger partial charge in [0.25, 0.3) is 0 Å². The van der Waals surface area contributed by atoms with Gasteiger partial charge in [-0.15, -0.1) is 0 Å². The van der Waals surface area contributed by atoms with Gasteiger partial charge in [-0.2, -0.15) is 0 Å². The molecule has 0 saturated heterocycles. The van der Waals surface area contributed by atoms with Gasteiger partial charge in [-0.25, -0.2) is 4.98 Å². The van der Waals surface area contributed by atoms with Crippen LogP contribution in [-0.2, 0) is 5.41 Å². The maximum atomic E-state index is 6.17. The molecular formula is C19H18ClN. The van der Waals surface area contributed by atoms with Crippen LogP contribution in [0.4, 0.5) is 0 Å². The summed E-state index contributed by atoms with van der Waals surface area (Å²) in [5.41, 5.74) is 4.72. The first kappa shape index (κ1) is 14.1. The zero-order chi connectivity index (χ0) is 15.0. The van der Waals surface area contributed by atoms with Crippen LogP contribution in [0, 0.1) is 0 Å². The van der Waals surface area contributed by atoms with Crippen LogP contribution in [0.15, 0.2) is 54.6 Å². The highest BCUT2D eigenvalue weighted by Crippen LogP contribution is 2.31. The highest BCUT2D eigenvalue weighted by molar-refractivity contribution is 6.30. The molecule has 0 aliphatic carbocycles. The van der Waals surface area contributed by atoms with E-state index in [1.807, 2.05) is 24.3 Å². The van der Waals surface area contributed by atoms with Crippen molar-refractivity contribution in [3.8, 4) is 11.1 Å². The summed E-state index contributed by atoms with van der Waals surface area (Å²) in [6.45, 7) is 6.67. The van der Waals surface area contributed by atoms with Crippen LogP contribution in [0.2, 0.25) is 5.15 Å². The molecule has 0 bridgehead atoms. The molecular weight excluding hydrogens is 278 g/mol. The van der Waals surface area contributed by atoms with Crippen LogP contribution in [-0.4, -0.2) is 4.98 Å². The number of rotatable bonds is 1. The number of aromatic nitrogens is 1. The fourth-order valence-corrected chi connectivity index (χ4v) is 2.73. The minimum absolute atomic E-state index is 0.163. The summed E-state index contributed by atoms with van der Waals surface area (Å²) in [6.07, 6.45) is 0. The number of halogens is 1. The Bertz CT molecular complexity index is 783. The first-order valence-corrected chi connectivity index (χ1v) is 7.49. The van der Waals surface area contributed by atoms with Crippen molar-refractivity contribution in [1.29, 1.82) is 0 Å². The predicted octanol–water partition coefficient (Wildman–Crippen LogP) is 5.85. The van der Waals surface area contributed by atoms with E-state index in [0.717, 1.165) is 16.5 Å². The molecule has 2 heteroatoms. The monoisotopic (exact) mass is 295 g/mol. The Labute approximate surface area is 130 Å². The topological polar surface area (TPSA) is 12.9 Å². The second-order valence-corrected chi connectivity index (χ2v) is 6.72. The maximum absolute atomic E-state index is 6.17. The molecule has 0 N–H and O–H groups in total. The molecule has 0 atom stereocenters. The van der Waals surface area contributed by atoms with Crippen molar-refractivity contribution < 1.29 is 0 Å². The van der Waals surface area contributed by atoms with E-state index in [-0.39, 0.29) is 5.41 Å². The van der Waals surface area contributed by atoms with Crippen molar-refractivity contribution in [3.05, 3.63) is 65.3 Å². The van der Waals surface area contributed by atoms with Crippen LogP contribution >= 0.6 is 11.6 Å². The summed E-state index contributed by atoms with van der Waals surface area (Å²) < 4.78 is 0. The number of para-hydroxylation sites is 1. The highest BCUT2D eigenvalue weighted by Gasteiger charge is 2.14. The van der Waals surface area contributed by atoms with Crippen LogP contribution in [0.3, 0.4) is 0 Å². The van der Waals surface area contributed by atoms with Crippen molar-refractivity contribution in [3.63, 3.8) is 0 Å². The largest absolute Gasteiger partial charge is 0.236 e. The van der Waals surface area contributed by atoms with Gasteiger partial charge in [0.1, 0.15) is 5.15 Å². The zero-order valence-electron chi connectivity index (χ0n) is 12.5. The molecule has 0 spiro atoms. The van der Waals surface area contributed by atoms with E-state index in [1.165, 1.54) is 11.1 Å². The standard InChI is InChI=1S/C19H18ClN/c1-19(2,3)14-10-8-13(9-11-14)16-12-18(20)21-17-7-5-4-6-15(16)17/h4-12H,1-3H3. The van der Waals surface area contributed by atoms with E-state index >= 15 is 0 Å². The number of hydrogen-bond acceptors (Lipinski definition) is 1. The van der Waals surface area contributed by atoms with Gasteiger partial charge in [-0.3, -0.25) is 0 Å². The summed E-state index contributed by atoms with van der Waals surface area (Å²) in [6, 6.07) is 18.8. The second-order valence-electron chi connectivity index (χ2n) is 6.34. The third-order valence-electron chi connectivity index (χ3n) is 3.75. The van der Waals surface area contributed by atoms with Crippen molar-refractivity contribution in [2.75, 3.05) is 0 Å². The van der Waals surface area contributed by atoms with Crippen LogP contribution in [0.5, 0.6) is 0 Å². The van der Waals surface area contributed by atoms with Crippen LogP contribution in [0.1, 0.15) is 26.3 Å². The Morgan fingerprint density at radius 3 is 2.24 bits per heavy atom. The average Bonchev–Trinajstić information content (AvgIpc) is 2.45. The lowest BCUT2D eigenvalue weighted by molar-refractivity contribution is 0.590. The van der Waals surface area contributed by atoms with Crippen molar-refractivity contribution in [1.82, 2.24) is 4.98 Å².